The zero-order chi connectivity index (χ0) is 21.3. The van der Waals surface area contributed by atoms with E-state index in [1.807, 2.05) is 42.5 Å². The second-order valence-electron chi connectivity index (χ2n) is 7.29. The Bertz CT molecular complexity index is 894. The number of guanidine groups is 1. The van der Waals surface area contributed by atoms with Gasteiger partial charge in [0.05, 0.1) is 14.2 Å². The highest BCUT2D eigenvalue weighted by molar-refractivity contribution is 5.93. The van der Waals surface area contributed by atoms with Gasteiger partial charge >= 0.3 is 0 Å². The molecule has 0 unspecified atom stereocenters. The summed E-state index contributed by atoms with van der Waals surface area (Å²) in [6, 6.07) is 13.7. The molecule has 0 atom stereocenters. The molecule has 1 fully saturated rings. The molecular formula is C23H30N4O3. The second-order valence-corrected chi connectivity index (χ2v) is 7.29. The predicted octanol–water partition coefficient (Wildman–Crippen LogP) is 3.31. The lowest BCUT2D eigenvalue weighted by atomic mass is 9.85. The van der Waals surface area contributed by atoms with Crippen molar-refractivity contribution < 1.29 is 14.3 Å². The molecule has 0 aromatic heterocycles. The van der Waals surface area contributed by atoms with E-state index in [2.05, 4.69) is 20.9 Å². The molecule has 0 saturated heterocycles. The molecule has 3 N–H and O–H groups in total. The highest BCUT2D eigenvalue weighted by Gasteiger charge is 2.25. The number of amides is 1. The van der Waals surface area contributed by atoms with Crippen LogP contribution in [0.4, 0.5) is 5.69 Å². The quantitative estimate of drug-likeness (QED) is 0.459. The van der Waals surface area contributed by atoms with Crippen molar-refractivity contribution in [1.29, 1.82) is 0 Å². The highest BCUT2D eigenvalue weighted by Crippen LogP contribution is 2.28. The van der Waals surface area contributed by atoms with E-state index in [0.29, 0.717) is 30.5 Å². The Kier molecular flexibility index (Phi) is 7.54. The van der Waals surface area contributed by atoms with Crippen LogP contribution >= 0.6 is 0 Å². The SMILES string of the molecule is CN=C(NCc1cccc(NC(=O)C2CCC2)c1)NCc1ccc(OC)c(OC)c1. The number of carbonyl (C=O) groups excluding carboxylic acids is 1. The Labute approximate surface area is 177 Å². The van der Waals surface area contributed by atoms with Crippen molar-refractivity contribution >= 4 is 17.6 Å². The number of methoxy groups -OCH3 is 2. The predicted molar refractivity (Wildman–Crippen MR) is 119 cm³/mol. The highest BCUT2D eigenvalue weighted by atomic mass is 16.5. The Balaban J connectivity index is 1.51. The molecule has 2 aromatic rings. The van der Waals surface area contributed by atoms with E-state index in [9.17, 15) is 4.79 Å². The van der Waals surface area contributed by atoms with E-state index in [0.717, 1.165) is 36.1 Å². The number of hydrogen-bond donors (Lipinski definition) is 3. The molecular weight excluding hydrogens is 380 g/mol. The minimum atomic E-state index is 0.124. The zero-order valence-corrected chi connectivity index (χ0v) is 17.8. The Morgan fingerprint density at radius 1 is 1.00 bits per heavy atom. The lowest BCUT2D eigenvalue weighted by molar-refractivity contribution is -0.122. The van der Waals surface area contributed by atoms with Crippen LogP contribution in [0, 0.1) is 5.92 Å². The molecule has 2 aromatic carbocycles. The molecule has 0 spiro atoms. The number of hydrogen-bond acceptors (Lipinski definition) is 4. The van der Waals surface area contributed by atoms with E-state index < -0.39 is 0 Å². The molecule has 1 saturated carbocycles. The normalized spacial score (nSPS) is 13.9. The van der Waals surface area contributed by atoms with Gasteiger partial charge in [0.25, 0.3) is 0 Å². The Morgan fingerprint density at radius 3 is 2.30 bits per heavy atom. The number of carbonyl (C=O) groups is 1. The summed E-state index contributed by atoms with van der Waals surface area (Å²) in [7, 11) is 4.98. The van der Waals surface area contributed by atoms with E-state index in [1.54, 1.807) is 21.3 Å². The maximum atomic E-state index is 12.2. The fourth-order valence-corrected chi connectivity index (χ4v) is 3.26. The molecule has 160 valence electrons. The molecule has 1 amide bonds. The van der Waals surface area contributed by atoms with Gasteiger partial charge < -0.3 is 25.4 Å². The average molecular weight is 411 g/mol. The van der Waals surface area contributed by atoms with Gasteiger partial charge in [-0.25, -0.2) is 0 Å². The number of aliphatic imine (C=N–C) groups is 1. The van der Waals surface area contributed by atoms with Crippen LogP contribution in [0.25, 0.3) is 0 Å². The monoisotopic (exact) mass is 410 g/mol. The first-order chi connectivity index (χ1) is 14.6. The summed E-state index contributed by atoms with van der Waals surface area (Å²) in [5, 5.41) is 9.62. The van der Waals surface area contributed by atoms with Crippen molar-refractivity contribution in [3.63, 3.8) is 0 Å². The molecule has 3 rings (SSSR count). The smallest absolute Gasteiger partial charge is 0.227 e. The molecule has 30 heavy (non-hydrogen) atoms. The fourth-order valence-electron chi connectivity index (χ4n) is 3.26. The van der Waals surface area contributed by atoms with Gasteiger partial charge in [-0.15, -0.1) is 0 Å². The number of rotatable bonds is 8. The molecule has 0 aliphatic heterocycles. The van der Waals surface area contributed by atoms with Crippen LogP contribution in [0.1, 0.15) is 30.4 Å². The number of nitrogens with one attached hydrogen (secondary N) is 3. The third-order valence-electron chi connectivity index (χ3n) is 5.26. The van der Waals surface area contributed by atoms with Gasteiger partial charge in [-0.1, -0.05) is 24.6 Å². The summed E-state index contributed by atoms with van der Waals surface area (Å²) >= 11 is 0. The summed E-state index contributed by atoms with van der Waals surface area (Å²) in [4.78, 5) is 16.4. The fraction of sp³-hybridized carbons (Fsp3) is 0.391. The summed E-state index contributed by atoms with van der Waals surface area (Å²) < 4.78 is 10.6. The molecule has 0 radical (unpaired) electrons. The van der Waals surface area contributed by atoms with Crippen molar-refractivity contribution in [1.82, 2.24) is 10.6 Å². The zero-order valence-electron chi connectivity index (χ0n) is 17.8. The molecule has 1 aliphatic carbocycles. The third-order valence-corrected chi connectivity index (χ3v) is 5.26. The molecule has 0 heterocycles. The maximum absolute atomic E-state index is 12.2. The van der Waals surface area contributed by atoms with E-state index in [4.69, 9.17) is 9.47 Å². The summed E-state index contributed by atoms with van der Waals surface area (Å²) in [6.07, 6.45) is 3.14. The number of benzene rings is 2. The summed E-state index contributed by atoms with van der Waals surface area (Å²) in [5.41, 5.74) is 2.95. The van der Waals surface area contributed by atoms with Gasteiger partial charge in [-0.3, -0.25) is 9.79 Å². The molecule has 1 aliphatic rings. The van der Waals surface area contributed by atoms with E-state index in [1.165, 1.54) is 0 Å². The molecule has 7 heteroatoms. The van der Waals surface area contributed by atoms with Crippen LogP contribution in [0.2, 0.25) is 0 Å². The van der Waals surface area contributed by atoms with Crippen LogP contribution in [0.5, 0.6) is 11.5 Å². The van der Waals surface area contributed by atoms with Crippen molar-refractivity contribution in [2.45, 2.75) is 32.4 Å². The topological polar surface area (TPSA) is 84.0 Å². The van der Waals surface area contributed by atoms with Gasteiger partial charge in [0.15, 0.2) is 17.5 Å². The number of nitrogens with zero attached hydrogens (tertiary/aromatic N) is 1. The Hall–Kier alpha value is -3.22. The first-order valence-electron chi connectivity index (χ1n) is 10.2. The molecule has 7 nitrogen and oxygen atoms in total. The van der Waals surface area contributed by atoms with Crippen molar-refractivity contribution in [3.05, 3.63) is 53.6 Å². The minimum Gasteiger partial charge on any atom is -0.493 e. The lowest BCUT2D eigenvalue weighted by Crippen LogP contribution is -2.36. The van der Waals surface area contributed by atoms with E-state index >= 15 is 0 Å². The van der Waals surface area contributed by atoms with Crippen LogP contribution in [0.3, 0.4) is 0 Å². The first kappa shape index (κ1) is 21.5. The summed E-state index contributed by atoms with van der Waals surface area (Å²) in [6.45, 7) is 1.19. The largest absolute Gasteiger partial charge is 0.493 e. The summed E-state index contributed by atoms with van der Waals surface area (Å²) in [5.74, 6) is 2.38. The lowest BCUT2D eigenvalue weighted by Gasteiger charge is -2.24. The van der Waals surface area contributed by atoms with Gasteiger partial charge in [0, 0.05) is 31.7 Å². The third kappa shape index (κ3) is 5.65. The van der Waals surface area contributed by atoms with Gasteiger partial charge in [-0.05, 0) is 48.2 Å². The first-order valence-corrected chi connectivity index (χ1v) is 10.2. The van der Waals surface area contributed by atoms with E-state index in [-0.39, 0.29) is 11.8 Å². The van der Waals surface area contributed by atoms with Gasteiger partial charge in [0.2, 0.25) is 5.91 Å². The Morgan fingerprint density at radius 2 is 1.70 bits per heavy atom. The van der Waals surface area contributed by atoms with Crippen LogP contribution < -0.4 is 25.4 Å². The van der Waals surface area contributed by atoms with Crippen molar-refractivity contribution in [2.75, 3.05) is 26.6 Å². The minimum absolute atomic E-state index is 0.124. The number of ether oxygens (including phenoxy) is 2. The average Bonchev–Trinajstić information content (AvgIpc) is 2.72. The van der Waals surface area contributed by atoms with Crippen LogP contribution in [-0.4, -0.2) is 33.1 Å². The molecule has 0 bridgehead atoms. The van der Waals surface area contributed by atoms with Crippen LogP contribution in [0.15, 0.2) is 47.5 Å². The van der Waals surface area contributed by atoms with Gasteiger partial charge in [-0.2, -0.15) is 0 Å². The maximum Gasteiger partial charge on any atom is 0.227 e. The standard InChI is InChI=1S/C23H30N4O3/c1-24-23(26-15-17-10-11-20(29-2)21(13-17)30-3)25-14-16-6-4-9-19(12-16)27-22(28)18-7-5-8-18/h4,6,9-13,18H,5,7-8,14-15H2,1-3H3,(H,27,28)(H2,24,25,26). The number of anilines is 1. The van der Waals surface area contributed by atoms with Crippen molar-refractivity contribution in [2.24, 2.45) is 10.9 Å². The van der Waals surface area contributed by atoms with Crippen LogP contribution in [-0.2, 0) is 17.9 Å². The van der Waals surface area contributed by atoms with Crippen molar-refractivity contribution in [3.8, 4) is 11.5 Å². The second kappa shape index (κ2) is 10.5. The van der Waals surface area contributed by atoms with Gasteiger partial charge in [0.1, 0.15) is 0 Å².